The summed E-state index contributed by atoms with van der Waals surface area (Å²) in [4.78, 5) is 30.9. The highest BCUT2D eigenvalue weighted by molar-refractivity contribution is 5.90. The van der Waals surface area contributed by atoms with E-state index in [4.69, 9.17) is 5.73 Å². The van der Waals surface area contributed by atoms with Crippen LogP contribution in [0.25, 0.3) is 17.2 Å². The molecule has 0 aliphatic carbocycles. The topological polar surface area (TPSA) is 123 Å². The Morgan fingerprint density at radius 1 is 1.31 bits per heavy atom. The average Bonchev–Trinajstić information content (AvgIpc) is 3.11. The first-order valence-electron chi connectivity index (χ1n) is 8.48. The molecule has 134 valence electrons. The van der Waals surface area contributed by atoms with Crippen molar-refractivity contribution in [3.8, 4) is 11.5 Å². The molecule has 1 aliphatic heterocycles. The van der Waals surface area contributed by atoms with Gasteiger partial charge in [0, 0.05) is 32.1 Å². The maximum atomic E-state index is 11.4. The van der Waals surface area contributed by atoms with Crippen LogP contribution in [0.5, 0.6) is 0 Å². The minimum absolute atomic E-state index is 0.148. The zero-order chi connectivity index (χ0) is 18.1. The zero-order valence-electron chi connectivity index (χ0n) is 14.1. The molecular weight excluding hydrogens is 334 g/mol. The second-order valence-corrected chi connectivity index (χ2v) is 6.38. The van der Waals surface area contributed by atoms with Gasteiger partial charge in [-0.2, -0.15) is 0 Å². The monoisotopic (exact) mass is 353 g/mol. The van der Waals surface area contributed by atoms with Gasteiger partial charge in [-0.25, -0.2) is 19.9 Å². The number of nitrogens with two attached hydrogens (primary N) is 1. The van der Waals surface area contributed by atoms with E-state index in [1.54, 1.807) is 23.0 Å². The molecule has 1 amide bonds. The van der Waals surface area contributed by atoms with E-state index in [0.29, 0.717) is 17.2 Å². The molecule has 0 radical (unpaired) electrons. The summed E-state index contributed by atoms with van der Waals surface area (Å²) in [5.41, 5.74) is 6.70. The van der Waals surface area contributed by atoms with Crippen LogP contribution in [0, 0.1) is 5.92 Å². The van der Waals surface area contributed by atoms with Crippen molar-refractivity contribution in [1.82, 2.24) is 24.3 Å². The van der Waals surface area contributed by atoms with Crippen LogP contribution in [0.2, 0.25) is 0 Å². The molecule has 1 fully saturated rings. The van der Waals surface area contributed by atoms with Gasteiger partial charge < -0.3 is 15.7 Å². The van der Waals surface area contributed by atoms with Crippen LogP contribution in [0.15, 0.2) is 30.9 Å². The van der Waals surface area contributed by atoms with Gasteiger partial charge in [-0.1, -0.05) is 0 Å². The summed E-state index contributed by atoms with van der Waals surface area (Å²) in [6.45, 7) is 1.86. The molecule has 1 atom stereocenters. The lowest BCUT2D eigenvalue weighted by molar-refractivity contribution is 0.0995. The van der Waals surface area contributed by atoms with Gasteiger partial charge in [-0.15, -0.1) is 0 Å². The fourth-order valence-electron chi connectivity index (χ4n) is 3.25. The van der Waals surface area contributed by atoms with Crippen LogP contribution < -0.4 is 10.6 Å². The third kappa shape index (κ3) is 2.97. The third-order valence-corrected chi connectivity index (χ3v) is 4.62. The Bertz CT molecular complexity index is 955. The smallest absolute Gasteiger partial charge is 0.268 e. The first-order valence-corrected chi connectivity index (χ1v) is 8.48. The molecule has 4 heterocycles. The van der Waals surface area contributed by atoms with Gasteiger partial charge in [0.05, 0.1) is 12.4 Å². The number of hydrogen-bond donors (Lipinski definition) is 2. The Kier molecular flexibility index (Phi) is 4.21. The van der Waals surface area contributed by atoms with Crippen LogP contribution in [0.3, 0.4) is 0 Å². The van der Waals surface area contributed by atoms with E-state index >= 15 is 0 Å². The summed E-state index contributed by atoms with van der Waals surface area (Å²) >= 11 is 0. The molecule has 26 heavy (non-hydrogen) atoms. The summed E-state index contributed by atoms with van der Waals surface area (Å²) < 4.78 is 1.71. The minimum Gasteiger partial charge on any atom is -0.396 e. The normalized spacial score (nSPS) is 17.6. The lowest BCUT2D eigenvalue weighted by atomic mass is 9.99. The number of aliphatic hydroxyl groups excluding tert-OH is 1. The van der Waals surface area contributed by atoms with E-state index in [2.05, 4.69) is 24.8 Å². The molecule has 0 spiro atoms. The number of aromatic nitrogens is 5. The van der Waals surface area contributed by atoms with Crippen LogP contribution in [0.4, 0.5) is 5.82 Å². The molecule has 1 saturated heterocycles. The second kappa shape index (κ2) is 6.68. The number of primary amides is 1. The highest BCUT2D eigenvalue weighted by atomic mass is 16.3. The Balaban J connectivity index is 1.71. The largest absolute Gasteiger partial charge is 0.396 e. The minimum atomic E-state index is -0.607. The third-order valence-electron chi connectivity index (χ3n) is 4.62. The van der Waals surface area contributed by atoms with Crippen molar-refractivity contribution < 1.29 is 9.90 Å². The van der Waals surface area contributed by atoms with Gasteiger partial charge in [0.15, 0.2) is 11.5 Å². The Morgan fingerprint density at radius 3 is 3.00 bits per heavy atom. The molecule has 3 aromatic heterocycles. The Labute approximate surface area is 149 Å². The quantitative estimate of drug-likeness (QED) is 0.700. The van der Waals surface area contributed by atoms with Crippen LogP contribution in [-0.4, -0.2) is 55.0 Å². The molecule has 1 unspecified atom stereocenters. The first-order chi connectivity index (χ1) is 12.7. The lowest BCUT2D eigenvalue weighted by Crippen LogP contribution is -2.37. The van der Waals surface area contributed by atoms with Crippen LogP contribution in [-0.2, 0) is 0 Å². The SMILES string of the molecule is NC(=O)c1cn2c(-c3nccc(N4CCCC(CO)C4)n3)cnc2cn1. The number of carbonyl (C=O) groups is 1. The molecule has 9 nitrogen and oxygen atoms in total. The highest BCUT2D eigenvalue weighted by Gasteiger charge is 2.21. The average molecular weight is 353 g/mol. The number of nitrogens with zero attached hydrogens (tertiary/aromatic N) is 6. The van der Waals surface area contributed by atoms with E-state index in [1.165, 1.54) is 6.20 Å². The number of carbonyl (C=O) groups excluding carboxylic acids is 1. The number of fused-ring (bicyclic) bond motifs is 1. The molecular formula is C17H19N7O2. The van der Waals surface area contributed by atoms with E-state index in [1.807, 2.05) is 6.07 Å². The van der Waals surface area contributed by atoms with Gasteiger partial charge in [0.1, 0.15) is 17.2 Å². The Morgan fingerprint density at radius 2 is 2.19 bits per heavy atom. The van der Waals surface area contributed by atoms with Gasteiger partial charge in [-0.05, 0) is 24.8 Å². The predicted molar refractivity (Wildman–Crippen MR) is 94.6 cm³/mol. The molecule has 9 heteroatoms. The predicted octanol–water partition coefficient (Wildman–Crippen LogP) is 0.494. The fourth-order valence-corrected chi connectivity index (χ4v) is 3.25. The fraction of sp³-hybridized carbons (Fsp3) is 0.353. The number of rotatable bonds is 4. The van der Waals surface area contributed by atoms with E-state index in [9.17, 15) is 9.90 Å². The lowest BCUT2D eigenvalue weighted by Gasteiger charge is -2.32. The molecule has 3 aromatic rings. The van der Waals surface area contributed by atoms with E-state index < -0.39 is 5.91 Å². The van der Waals surface area contributed by atoms with Gasteiger partial charge >= 0.3 is 0 Å². The number of piperidine rings is 1. The van der Waals surface area contributed by atoms with Crippen molar-refractivity contribution in [2.45, 2.75) is 12.8 Å². The maximum absolute atomic E-state index is 11.4. The number of hydrogen-bond acceptors (Lipinski definition) is 7. The first kappa shape index (κ1) is 16.4. The van der Waals surface area contributed by atoms with Crippen molar-refractivity contribution in [2.24, 2.45) is 11.7 Å². The molecule has 4 rings (SSSR count). The summed E-state index contributed by atoms with van der Waals surface area (Å²) in [6.07, 6.45) is 8.43. The van der Waals surface area contributed by atoms with E-state index in [-0.39, 0.29) is 18.2 Å². The van der Waals surface area contributed by atoms with Crippen molar-refractivity contribution >= 4 is 17.4 Å². The summed E-state index contributed by atoms with van der Waals surface area (Å²) in [7, 11) is 0. The van der Waals surface area contributed by atoms with Crippen LogP contribution in [0.1, 0.15) is 23.3 Å². The molecule has 0 aromatic carbocycles. The number of anilines is 1. The molecule has 1 aliphatic rings. The van der Waals surface area contributed by atoms with Gasteiger partial charge in [0.2, 0.25) is 0 Å². The molecule has 3 N–H and O–H groups in total. The standard InChI is InChI=1S/C17H19N7O2/c18-16(26)12-9-24-13(6-21-15(24)7-20-12)17-19-4-3-14(22-17)23-5-1-2-11(8-23)10-25/h3-4,6-7,9,11,25H,1-2,5,8,10H2,(H2,18,26). The zero-order valence-corrected chi connectivity index (χ0v) is 14.1. The number of aliphatic hydroxyl groups is 1. The molecule has 0 bridgehead atoms. The number of imidazole rings is 1. The Hall–Kier alpha value is -3.07. The van der Waals surface area contributed by atoms with E-state index in [0.717, 1.165) is 31.7 Å². The summed E-state index contributed by atoms with van der Waals surface area (Å²) in [6, 6.07) is 1.86. The van der Waals surface area contributed by atoms with Crippen LogP contribution >= 0.6 is 0 Å². The highest BCUT2D eigenvalue weighted by Crippen LogP contribution is 2.24. The van der Waals surface area contributed by atoms with Gasteiger partial charge in [0.25, 0.3) is 5.91 Å². The van der Waals surface area contributed by atoms with Crippen molar-refractivity contribution in [2.75, 3.05) is 24.6 Å². The van der Waals surface area contributed by atoms with Crippen molar-refractivity contribution in [1.29, 1.82) is 0 Å². The van der Waals surface area contributed by atoms with Crippen molar-refractivity contribution in [3.63, 3.8) is 0 Å². The summed E-state index contributed by atoms with van der Waals surface area (Å²) in [5, 5.41) is 9.44. The summed E-state index contributed by atoms with van der Waals surface area (Å²) in [5.74, 6) is 0.974. The molecule has 0 saturated carbocycles. The van der Waals surface area contributed by atoms with Crippen molar-refractivity contribution in [3.05, 3.63) is 36.5 Å². The second-order valence-electron chi connectivity index (χ2n) is 6.38. The number of amides is 1. The van der Waals surface area contributed by atoms with Gasteiger partial charge in [-0.3, -0.25) is 9.20 Å². The maximum Gasteiger partial charge on any atom is 0.268 e.